The van der Waals surface area contributed by atoms with Crippen LogP contribution < -0.4 is 15.2 Å². The molecule has 2 aliphatic heterocycles. The summed E-state index contributed by atoms with van der Waals surface area (Å²) in [5.74, 6) is 1.11. The van der Waals surface area contributed by atoms with E-state index in [0.717, 1.165) is 28.9 Å². The number of piperidine rings is 1. The Kier molecular flexibility index (Phi) is 5.67. The fraction of sp³-hybridized carbons (Fsp3) is 0.333. The Morgan fingerprint density at radius 1 is 0.970 bits per heavy atom. The quantitative estimate of drug-likeness (QED) is 0.605. The Balaban J connectivity index is 1.41. The minimum absolute atomic E-state index is 0.00262. The molecule has 1 fully saturated rings. The summed E-state index contributed by atoms with van der Waals surface area (Å²) in [6.07, 6.45) is 0.996. The lowest BCUT2D eigenvalue weighted by Gasteiger charge is -2.43. The summed E-state index contributed by atoms with van der Waals surface area (Å²) in [5, 5.41) is 0. The van der Waals surface area contributed by atoms with E-state index < -0.39 is 0 Å². The number of likely N-dealkylation sites (tertiary alicyclic amines) is 1. The van der Waals surface area contributed by atoms with E-state index in [4.69, 9.17) is 4.74 Å². The summed E-state index contributed by atoms with van der Waals surface area (Å²) in [7, 11) is 4.04. The molecule has 2 aliphatic rings. The van der Waals surface area contributed by atoms with E-state index in [1.165, 1.54) is 0 Å². The number of anilines is 1. The van der Waals surface area contributed by atoms with Crippen LogP contribution in [0.5, 0.6) is 5.75 Å². The van der Waals surface area contributed by atoms with Gasteiger partial charge in [0.1, 0.15) is 5.75 Å². The molecule has 2 aromatic carbocycles. The average Bonchev–Trinajstić information content (AvgIpc) is 2.84. The third kappa shape index (κ3) is 4.25. The molecule has 0 unspecified atom stereocenters. The van der Waals surface area contributed by atoms with Crippen LogP contribution in [0.1, 0.15) is 18.0 Å². The van der Waals surface area contributed by atoms with Crippen molar-refractivity contribution in [2.45, 2.75) is 18.9 Å². The van der Waals surface area contributed by atoms with Gasteiger partial charge in [0, 0.05) is 62.7 Å². The van der Waals surface area contributed by atoms with Crippen molar-refractivity contribution < 1.29 is 9.53 Å². The van der Waals surface area contributed by atoms with Gasteiger partial charge in [0.05, 0.1) is 0 Å². The average molecular weight is 444 g/mol. The van der Waals surface area contributed by atoms with Crippen molar-refractivity contribution >= 4 is 11.6 Å². The van der Waals surface area contributed by atoms with Crippen LogP contribution in [-0.4, -0.2) is 49.2 Å². The highest BCUT2D eigenvalue weighted by Crippen LogP contribution is 2.40. The van der Waals surface area contributed by atoms with Gasteiger partial charge < -0.3 is 19.1 Å². The van der Waals surface area contributed by atoms with E-state index in [-0.39, 0.29) is 29.9 Å². The molecule has 33 heavy (non-hydrogen) atoms. The molecule has 5 rings (SSSR count). The third-order valence-corrected chi connectivity index (χ3v) is 6.74. The molecule has 2 atom stereocenters. The lowest BCUT2D eigenvalue weighted by molar-refractivity contribution is -0.136. The van der Waals surface area contributed by atoms with Gasteiger partial charge in [0.15, 0.2) is 6.61 Å². The minimum atomic E-state index is -0.00262. The molecule has 0 saturated carbocycles. The number of ether oxygens (including phenoxy) is 1. The van der Waals surface area contributed by atoms with Crippen molar-refractivity contribution in [3.63, 3.8) is 0 Å². The second kappa shape index (κ2) is 8.77. The number of hydrogen-bond acceptors (Lipinski definition) is 4. The monoisotopic (exact) mass is 443 g/mol. The van der Waals surface area contributed by atoms with E-state index in [2.05, 4.69) is 29.2 Å². The summed E-state index contributed by atoms with van der Waals surface area (Å²) in [6, 6.07) is 21.5. The first-order valence-corrected chi connectivity index (χ1v) is 11.5. The van der Waals surface area contributed by atoms with Gasteiger partial charge in [-0.2, -0.15) is 0 Å². The first-order valence-electron chi connectivity index (χ1n) is 11.5. The Bertz CT molecular complexity index is 1200. The zero-order valence-electron chi connectivity index (χ0n) is 19.1. The summed E-state index contributed by atoms with van der Waals surface area (Å²) in [6.45, 7) is 1.96. The number of benzene rings is 2. The van der Waals surface area contributed by atoms with Gasteiger partial charge in [-0.25, -0.2) is 0 Å². The van der Waals surface area contributed by atoms with Crippen LogP contribution in [0.15, 0.2) is 71.5 Å². The molecule has 170 valence electrons. The van der Waals surface area contributed by atoms with Crippen molar-refractivity contribution in [3.8, 4) is 16.9 Å². The first-order chi connectivity index (χ1) is 16.0. The highest BCUT2D eigenvalue weighted by atomic mass is 16.5. The zero-order chi connectivity index (χ0) is 22.9. The number of hydrogen-bond donors (Lipinski definition) is 0. The molecular formula is C27H29N3O3. The maximum atomic E-state index is 13.0. The Hall–Kier alpha value is -3.54. The maximum Gasteiger partial charge on any atom is 0.260 e. The number of rotatable bonds is 5. The van der Waals surface area contributed by atoms with Crippen LogP contribution in [0.3, 0.4) is 0 Å². The van der Waals surface area contributed by atoms with E-state index in [9.17, 15) is 9.59 Å². The number of nitrogens with zero attached hydrogens (tertiary/aromatic N) is 3. The molecule has 1 saturated heterocycles. The zero-order valence-corrected chi connectivity index (χ0v) is 19.1. The summed E-state index contributed by atoms with van der Waals surface area (Å²) in [5.41, 5.74) is 4.41. The van der Waals surface area contributed by atoms with Gasteiger partial charge in [-0.3, -0.25) is 9.59 Å². The van der Waals surface area contributed by atoms with Crippen LogP contribution in [0.2, 0.25) is 0 Å². The lowest BCUT2D eigenvalue weighted by Crippen LogP contribution is -2.50. The Morgan fingerprint density at radius 2 is 1.73 bits per heavy atom. The van der Waals surface area contributed by atoms with Crippen LogP contribution in [0, 0.1) is 5.92 Å². The number of fused-ring (bicyclic) bond motifs is 4. The van der Waals surface area contributed by atoms with E-state index >= 15 is 0 Å². The predicted octanol–water partition coefficient (Wildman–Crippen LogP) is 3.61. The normalized spacial score (nSPS) is 19.0. The van der Waals surface area contributed by atoms with Crippen molar-refractivity contribution in [1.29, 1.82) is 0 Å². The summed E-state index contributed by atoms with van der Waals surface area (Å²) in [4.78, 5) is 29.7. The standard InChI is InChI=1S/C27H29N3O3/c1-28(2)22-10-8-20(9-11-22)24-12-13-25(31)30-16-19-14-21(27(24)30)17-29(15-19)26(32)18-33-23-6-4-3-5-7-23/h3-13,19,21H,14-18H2,1-2H3/t19-,21+/m0/s1. The second-order valence-corrected chi connectivity index (χ2v) is 9.22. The van der Waals surface area contributed by atoms with Crippen molar-refractivity contribution in [1.82, 2.24) is 9.47 Å². The smallest absolute Gasteiger partial charge is 0.260 e. The van der Waals surface area contributed by atoms with Crippen LogP contribution in [0.4, 0.5) is 5.69 Å². The molecule has 2 bridgehead atoms. The molecule has 1 aromatic heterocycles. The minimum Gasteiger partial charge on any atom is -0.484 e. The van der Waals surface area contributed by atoms with Crippen LogP contribution in [-0.2, 0) is 11.3 Å². The molecule has 6 nitrogen and oxygen atoms in total. The molecule has 0 aliphatic carbocycles. The number of carbonyl (C=O) groups excluding carboxylic acids is 1. The lowest BCUT2D eigenvalue weighted by atomic mass is 9.80. The number of aromatic nitrogens is 1. The molecule has 0 N–H and O–H groups in total. The molecule has 3 aromatic rings. The number of amides is 1. The molecule has 6 heteroatoms. The molecule has 0 spiro atoms. The Morgan fingerprint density at radius 3 is 2.45 bits per heavy atom. The number of carbonyl (C=O) groups is 1. The number of pyridine rings is 1. The third-order valence-electron chi connectivity index (χ3n) is 6.74. The van der Waals surface area contributed by atoms with Crippen LogP contribution in [0.25, 0.3) is 11.1 Å². The second-order valence-electron chi connectivity index (χ2n) is 9.22. The van der Waals surface area contributed by atoms with Crippen molar-refractivity contribution in [2.24, 2.45) is 5.92 Å². The summed E-state index contributed by atoms with van der Waals surface area (Å²) >= 11 is 0. The van der Waals surface area contributed by atoms with Crippen LogP contribution >= 0.6 is 0 Å². The Labute approximate surface area is 194 Å². The van der Waals surface area contributed by atoms with Gasteiger partial charge in [-0.1, -0.05) is 30.3 Å². The van der Waals surface area contributed by atoms with E-state index in [1.54, 1.807) is 6.07 Å². The van der Waals surface area contributed by atoms with E-state index in [0.29, 0.717) is 25.4 Å². The summed E-state index contributed by atoms with van der Waals surface area (Å²) < 4.78 is 7.65. The maximum absolute atomic E-state index is 13.0. The SMILES string of the molecule is CN(C)c1ccc(-c2ccc(=O)n3c2[C@@H]2C[C@@H](CN(C(=O)COc4ccccc4)C2)C3)cc1. The van der Waals surface area contributed by atoms with E-state index in [1.807, 2.05) is 60.0 Å². The van der Waals surface area contributed by atoms with Gasteiger partial charge in [-0.05, 0) is 48.2 Å². The highest BCUT2D eigenvalue weighted by molar-refractivity contribution is 5.78. The largest absolute Gasteiger partial charge is 0.484 e. The molecule has 0 radical (unpaired) electrons. The molecular weight excluding hydrogens is 414 g/mol. The fourth-order valence-corrected chi connectivity index (χ4v) is 5.15. The molecule has 1 amide bonds. The highest BCUT2D eigenvalue weighted by Gasteiger charge is 2.37. The van der Waals surface area contributed by atoms with Crippen molar-refractivity contribution in [2.75, 3.05) is 38.7 Å². The fourth-order valence-electron chi connectivity index (χ4n) is 5.15. The number of para-hydroxylation sites is 1. The first kappa shape index (κ1) is 21.3. The predicted molar refractivity (Wildman–Crippen MR) is 130 cm³/mol. The van der Waals surface area contributed by atoms with Gasteiger partial charge in [-0.15, -0.1) is 0 Å². The van der Waals surface area contributed by atoms with Gasteiger partial charge >= 0.3 is 0 Å². The molecule has 3 heterocycles. The van der Waals surface area contributed by atoms with Gasteiger partial charge in [0.25, 0.3) is 11.5 Å². The topological polar surface area (TPSA) is 54.8 Å². The van der Waals surface area contributed by atoms with Gasteiger partial charge in [0.2, 0.25) is 0 Å². The van der Waals surface area contributed by atoms with Crippen molar-refractivity contribution in [3.05, 3.63) is 82.8 Å².